The van der Waals surface area contributed by atoms with Gasteiger partial charge in [0.2, 0.25) is 5.91 Å². The average molecular weight is 457 g/mol. The number of H-pyrrole nitrogens is 1. The van der Waals surface area contributed by atoms with E-state index < -0.39 is 11.6 Å². The molecule has 2 fully saturated rings. The third-order valence-electron chi connectivity index (χ3n) is 7.80. The van der Waals surface area contributed by atoms with Crippen LogP contribution in [-0.4, -0.2) is 45.2 Å². The molecule has 1 aliphatic heterocycles. The lowest BCUT2D eigenvalue weighted by Crippen LogP contribution is -2.47. The highest BCUT2D eigenvalue weighted by Crippen LogP contribution is 2.41. The van der Waals surface area contributed by atoms with Crippen LogP contribution in [0.25, 0.3) is 10.9 Å². The molecular formula is C27H28N4O3. The number of rotatable bonds is 6. The molecule has 2 atom stereocenters. The molecule has 4 amide bonds. The lowest BCUT2D eigenvalue weighted by atomic mass is 9.92. The summed E-state index contributed by atoms with van der Waals surface area (Å²) in [5.74, 6) is -0.0416. The molecule has 7 nitrogen and oxygen atoms in total. The van der Waals surface area contributed by atoms with Gasteiger partial charge in [-0.05, 0) is 78.8 Å². The third-order valence-corrected chi connectivity index (χ3v) is 7.80. The Labute approximate surface area is 198 Å². The SMILES string of the molecule is CC(C1CC1)N(Cc1ccc2[nH]ccc2c1)C(=O)CN1C(=O)NC2(CCc3ccccc32)C1=O. The lowest BCUT2D eigenvalue weighted by Gasteiger charge is -2.31. The van der Waals surface area contributed by atoms with Crippen molar-refractivity contribution in [1.82, 2.24) is 20.1 Å². The molecule has 2 N–H and O–H groups in total. The number of imide groups is 1. The van der Waals surface area contributed by atoms with Crippen LogP contribution < -0.4 is 5.32 Å². The summed E-state index contributed by atoms with van der Waals surface area (Å²) in [5, 5.41) is 4.02. The van der Waals surface area contributed by atoms with Gasteiger partial charge >= 0.3 is 6.03 Å². The minimum absolute atomic E-state index is 0.0522. The van der Waals surface area contributed by atoms with E-state index >= 15 is 0 Å². The summed E-state index contributed by atoms with van der Waals surface area (Å²) in [5.41, 5.74) is 2.98. The van der Waals surface area contributed by atoms with Crippen LogP contribution in [0.2, 0.25) is 0 Å². The van der Waals surface area contributed by atoms with Crippen LogP contribution in [0.1, 0.15) is 42.9 Å². The lowest BCUT2D eigenvalue weighted by molar-refractivity contribution is -0.141. The van der Waals surface area contributed by atoms with E-state index in [4.69, 9.17) is 0 Å². The molecule has 34 heavy (non-hydrogen) atoms. The first-order chi connectivity index (χ1) is 16.5. The van der Waals surface area contributed by atoms with Crippen LogP contribution in [0.15, 0.2) is 54.7 Å². The number of carbonyl (C=O) groups is 3. The minimum atomic E-state index is -1.04. The number of hydrogen-bond acceptors (Lipinski definition) is 3. The van der Waals surface area contributed by atoms with Crippen LogP contribution in [0.5, 0.6) is 0 Å². The highest BCUT2D eigenvalue weighted by Gasteiger charge is 2.55. The molecule has 174 valence electrons. The molecule has 2 heterocycles. The van der Waals surface area contributed by atoms with Crippen molar-refractivity contribution in [3.05, 3.63) is 71.4 Å². The van der Waals surface area contributed by atoms with Gasteiger partial charge in [0.1, 0.15) is 12.1 Å². The summed E-state index contributed by atoms with van der Waals surface area (Å²) >= 11 is 0. The highest BCUT2D eigenvalue weighted by molar-refractivity contribution is 6.10. The molecule has 2 aromatic carbocycles. The maximum Gasteiger partial charge on any atom is 0.325 e. The van der Waals surface area contributed by atoms with Crippen LogP contribution in [0, 0.1) is 5.92 Å². The van der Waals surface area contributed by atoms with Crippen LogP contribution >= 0.6 is 0 Å². The van der Waals surface area contributed by atoms with Gasteiger partial charge in [-0.1, -0.05) is 30.3 Å². The summed E-state index contributed by atoms with van der Waals surface area (Å²) in [6.07, 6.45) is 5.37. The second-order valence-electron chi connectivity index (χ2n) is 9.88. The van der Waals surface area contributed by atoms with Crippen molar-refractivity contribution in [3.63, 3.8) is 0 Å². The van der Waals surface area contributed by atoms with Gasteiger partial charge < -0.3 is 15.2 Å². The van der Waals surface area contributed by atoms with Crippen molar-refractivity contribution in [2.24, 2.45) is 5.92 Å². The fourth-order valence-corrected chi connectivity index (χ4v) is 5.65. The van der Waals surface area contributed by atoms with Crippen LogP contribution in [0.4, 0.5) is 4.79 Å². The number of amides is 4. The predicted molar refractivity (Wildman–Crippen MR) is 128 cm³/mol. The van der Waals surface area contributed by atoms with Gasteiger partial charge in [0.25, 0.3) is 5.91 Å². The Morgan fingerprint density at radius 2 is 2.00 bits per heavy atom. The molecule has 0 radical (unpaired) electrons. The fraction of sp³-hybridized carbons (Fsp3) is 0.370. The Morgan fingerprint density at radius 1 is 1.18 bits per heavy atom. The number of benzene rings is 2. The van der Waals surface area contributed by atoms with E-state index in [0.717, 1.165) is 51.8 Å². The number of hydrogen-bond donors (Lipinski definition) is 2. The zero-order chi connectivity index (χ0) is 23.4. The summed E-state index contributed by atoms with van der Waals surface area (Å²) in [6.45, 7) is 2.29. The molecule has 3 aromatic rings. The second kappa shape index (κ2) is 7.72. The number of aromatic amines is 1. The van der Waals surface area contributed by atoms with Crippen molar-refractivity contribution in [2.45, 2.75) is 50.7 Å². The zero-order valence-electron chi connectivity index (χ0n) is 19.2. The summed E-state index contributed by atoms with van der Waals surface area (Å²) in [6, 6.07) is 15.5. The Balaban J connectivity index is 1.25. The number of nitrogens with zero attached hydrogens (tertiary/aromatic N) is 2. The minimum Gasteiger partial charge on any atom is -0.361 e. The third kappa shape index (κ3) is 3.30. The maximum absolute atomic E-state index is 13.6. The maximum atomic E-state index is 13.6. The number of nitrogens with one attached hydrogen (secondary N) is 2. The van der Waals surface area contributed by atoms with E-state index in [1.165, 1.54) is 0 Å². The quantitative estimate of drug-likeness (QED) is 0.555. The largest absolute Gasteiger partial charge is 0.361 e. The van der Waals surface area contributed by atoms with Crippen LogP contribution in [-0.2, 0) is 28.1 Å². The van der Waals surface area contributed by atoms with Gasteiger partial charge in [0.15, 0.2) is 0 Å². The predicted octanol–water partition coefficient (Wildman–Crippen LogP) is 3.69. The molecule has 0 bridgehead atoms. The second-order valence-corrected chi connectivity index (χ2v) is 9.88. The van der Waals surface area contributed by atoms with E-state index in [2.05, 4.69) is 23.3 Å². The van der Waals surface area contributed by atoms with Gasteiger partial charge in [-0.2, -0.15) is 0 Å². The first-order valence-corrected chi connectivity index (χ1v) is 12.0. The Morgan fingerprint density at radius 3 is 2.82 bits per heavy atom. The van der Waals surface area contributed by atoms with Gasteiger partial charge in [-0.15, -0.1) is 0 Å². The Bertz CT molecular complexity index is 1310. The van der Waals surface area contributed by atoms with Gasteiger partial charge in [-0.25, -0.2) is 4.79 Å². The fourth-order valence-electron chi connectivity index (χ4n) is 5.65. The van der Waals surface area contributed by atoms with Crippen molar-refractivity contribution in [1.29, 1.82) is 0 Å². The van der Waals surface area contributed by atoms with Crippen molar-refractivity contribution < 1.29 is 14.4 Å². The number of fused-ring (bicyclic) bond motifs is 3. The van der Waals surface area contributed by atoms with Crippen molar-refractivity contribution in [2.75, 3.05) is 6.54 Å². The molecule has 1 saturated heterocycles. The molecule has 1 spiro atoms. The molecule has 1 saturated carbocycles. The van der Waals surface area contributed by atoms with Gasteiger partial charge in [0, 0.05) is 24.3 Å². The first-order valence-electron chi connectivity index (χ1n) is 12.0. The molecule has 7 heteroatoms. The number of urea groups is 1. The van der Waals surface area contributed by atoms with E-state index in [9.17, 15) is 14.4 Å². The molecule has 2 unspecified atom stereocenters. The Kier molecular flexibility index (Phi) is 4.76. The van der Waals surface area contributed by atoms with Crippen LogP contribution in [0.3, 0.4) is 0 Å². The summed E-state index contributed by atoms with van der Waals surface area (Å²) < 4.78 is 0. The molecular weight excluding hydrogens is 428 g/mol. The summed E-state index contributed by atoms with van der Waals surface area (Å²) in [4.78, 5) is 46.2. The van der Waals surface area contributed by atoms with E-state index in [1.54, 1.807) is 0 Å². The molecule has 3 aliphatic rings. The topological polar surface area (TPSA) is 85.5 Å². The number of aryl methyl sites for hydroxylation is 1. The van der Waals surface area contributed by atoms with E-state index in [-0.39, 0.29) is 24.4 Å². The highest BCUT2D eigenvalue weighted by atomic mass is 16.2. The zero-order valence-corrected chi connectivity index (χ0v) is 19.2. The molecule has 2 aliphatic carbocycles. The van der Waals surface area contributed by atoms with Crippen molar-refractivity contribution >= 4 is 28.7 Å². The monoisotopic (exact) mass is 456 g/mol. The molecule has 1 aromatic heterocycles. The molecule has 6 rings (SSSR count). The normalized spacial score (nSPS) is 22.3. The first kappa shape index (κ1) is 21.0. The standard InChI is InChI=1S/C27H28N4O3/c1-17(19-7-8-19)30(15-18-6-9-23-21(14-18)11-13-28-23)24(32)16-31-25(33)27(29-26(31)34)12-10-20-4-2-3-5-22(20)27/h2-6,9,11,13-14,17,19,28H,7-8,10,12,15-16H2,1H3,(H,29,34). The number of carbonyl (C=O) groups excluding carboxylic acids is 3. The van der Waals surface area contributed by atoms with Gasteiger partial charge in [-0.3, -0.25) is 14.5 Å². The van der Waals surface area contributed by atoms with Crippen molar-refractivity contribution in [3.8, 4) is 0 Å². The average Bonchev–Trinajstić information content (AvgIpc) is 3.41. The summed E-state index contributed by atoms with van der Waals surface area (Å²) in [7, 11) is 0. The number of aromatic nitrogens is 1. The van der Waals surface area contributed by atoms with Gasteiger partial charge in [0.05, 0.1) is 0 Å². The Hall–Kier alpha value is -3.61. The van der Waals surface area contributed by atoms with E-state index in [0.29, 0.717) is 18.9 Å². The van der Waals surface area contributed by atoms with E-state index in [1.807, 2.05) is 53.6 Å². The smallest absolute Gasteiger partial charge is 0.325 e.